The van der Waals surface area contributed by atoms with Crippen molar-refractivity contribution in [2.24, 2.45) is 0 Å². The van der Waals surface area contributed by atoms with E-state index in [-0.39, 0.29) is 0 Å². The number of hydrogen-bond donors (Lipinski definition) is 0. The van der Waals surface area contributed by atoms with Crippen LogP contribution < -0.4 is 4.90 Å². The molecule has 0 amide bonds. The lowest BCUT2D eigenvalue weighted by Crippen LogP contribution is -2.21. The fourth-order valence-electron chi connectivity index (χ4n) is 3.32. The van der Waals surface area contributed by atoms with Gasteiger partial charge in [-0.2, -0.15) is 0 Å². The monoisotopic (exact) mass is 285 g/mol. The summed E-state index contributed by atoms with van der Waals surface area (Å²) in [5.74, 6) is 0. The zero-order valence-electron chi connectivity index (χ0n) is 14.0. The second kappa shape index (κ2) is 8.26. The highest BCUT2D eigenvalue weighted by molar-refractivity contribution is 5.55. The first kappa shape index (κ1) is 16.1. The summed E-state index contributed by atoms with van der Waals surface area (Å²) in [5, 5.41) is 0. The van der Waals surface area contributed by atoms with E-state index in [1.54, 1.807) is 11.1 Å². The molecule has 0 aromatic heterocycles. The first-order valence-corrected chi connectivity index (χ1v) is 8.77. The lowest BCUT2D eigenvalue weighted by molar-refractivity contribution is 0.606. The maximum Gasteiger partial charge on any atom is 0.0410 e. The first-order valence-electron chi connectivity index (χ1n) is 8.77. The molecule has 0 spiro atoms. The van der Waals surface area contributed by atoms with Gasteiger partial charge in [-0.3, -0.25) is 0 Å². The van der Waals surface area contributed by atoms with E-state index in [2.05, 4.69) is 43.5 Å². The minimum atomic E-state index is 1.11. The number of allylic oxidation sites excluding steroid dienone is 1. The maximum atomic E-state index is 4.18. The van der Waals surface area contributed by atoms with Crippen molar-refractivity contribution in [2.75, 3.05) is 11.4 Å². The number of unbranched alkanes of at least 4 members (excludes halogenated alkanes) is 5. The number of rotatable bonds is 9. The summed E-state index contributed by atoms with van der Waals surface area (Å²) in [6.45, 7) is 9.69. The predicted octanol–water partition coefficient (Wildman–Crippen LogP) is 5.88. The summed E-state index contributed by atoms with van der Waals surface area (Å²) in [7, 11) is 0. The number of aryl methyl sites for hydroxylation is 2. The Morgan fingerprint density at radius 2 is 1.76 bits per heavy atom. The van der Waals surface area contributed by atoms with Crippen LogP contribution in [0.25, 0.3) is 0 Å². The molecule has 0 unspecified atom stereocenters. The van der Waals surface area contributed by atoms with E-state index in [9.17, 15) is 0 Å². The molecule has 0 radical (unpaired) electrons. The maximum absolute atomic E-state index is 4.18. The molecule has 0 aliphatic heterocycles. The van der Waals surface area contributed by atoms with Crippen LogP contribution in [0.1, 0.15) is 69.9 Å². The molecule has 21 heavy (non-hydrogen) atoms. The number of hydrogen-bond acceptors (Lipinski definition) is 1. The van der Waals surface area contributed by atoms with Crippen LogP contribution in [0.3, 0.4) is 0 Å². The van der Waals surface area contributed by atoms with E-state index in [1.165, 1.54) is 69.2 Å². The highest BCUT2D eigenvalue weighted by Crippen LogP contribution is 2.28. The van der Waals surface area contributed by atoms with Gasteiger partial charge in [0.05, 0.1) is 0 Å². The van der Waals surface area contributed by atoms with Gasteiger partial charge < -0.3 is 4.90 Å². The Balaban J connectivity index is 1.88. The predicted molar refractivity (Wildman–Crippen MR) is 94.0 cm³/mol. The Morgan fingerprint density at radius 1 is 1.05 bits per heavy atom. The van der Waals surface area contributed by atoms with Crippen molar-refractivity contribution < 1.29 is 0 Å². The van der Waals surface area contributed by atoms with Crippen molar-refractivity contribution in [3.8, 4) is 0 Å². The summed E-state index contributed by atoms with van der Waals surface area (Å²) >= 11 is 0. The number of nitrogens with zero attached hydrogens (tertiary/aromatic N) is 1. The molecule has 1 aliphatic carbocycles. The zero-order chi connectivity index (χ0) is 15.1. The topological polar surface area (TPSA) is 3.24 Å². The van der Waals surface area contributed by atoms with E-state index in [0.717, 1.165) is 6.54 Å². The molecule has 1 nitrogen and oxygen atoms in total. The number of fused-ring (bicyclic) bond motifs is 1. The van der Waals surface area contributed by atoms with Crippen molar-refractivity contribution in [3.63, 3.8) is 0 Å². The molecule has 116 valence electrons. The third kappa shape index (κ3) is 4.62. The molecule has 2 rings (SSSR count). The van der Waals surface area contributed by atoms with Crippen molar-refractivity contribution in [3.05, 3.63) is 41.6 Å². The van der Waals surface area contributed by atoms with Crippen molar-refractivity contribution in [1.82, 2.24) is 0 Å². The van der Waals surface area contributed by atoms with Crippen LogP contribution in [-0.4, -0.2) is 6.54 Å². The lowest BCUT2D eigenvalue weighted by atomic mass is 10.1. The Hall–Kier alpha value is -1.24. The summed E-state index contributed by atoms with van der Waals surface area (Å²) < 4.78 is 0. The molecule has 0 bridgehead atoms. The summed E-state index contributed by atoms with van der Waals surface area (Å²) in [6.07, 6.45) is 11.9. The SMILES string of the molecule is C=C(C)N(CCCCCCCC)c1ccc2c(c1)CCC2. The number of anilines is 1. The molecule has 0 saturated carbocycles. The highest BCUT2D eigenvalue weighted by Gasteiger charge is 2.14. The van der Waals surface area contributed by atoms with Crippen LogP contribution in [0.15, 0.2) is 30.5 Å². The van der Waals surface area contributed by atoms with Crippen LogP contribution in [0.4, 0.5) is 5.69 Å². The fourth-order valence-corrected chi connectivity index (χ4v) is 3.32. The van der Waals surface area contributed by atoms with Gasteiger partial charge in [-0.1, -0.05) is 51.7 Å². The van der Waals surface area contributed by atoms with E-state index < -0.39 is 0 Å². The van der Waals surface area contributed by atoms with Crippen LogP contribution in [0, 0.1) is 0 Å². The lowest BCUT2D eigenvalue weighted by Gasteiger charge is -2.25. The molecule has 0 N–H and O–H groups in total. The standard InChI is InChI=1S/C20H31N/c1-4-5-6-7-8-9-15-21(17(2)3)20-14-13-18-11-10-12-19(18)16-20/h13-14,16H,2,4-12,15H2,1,3H3. The van der Waals surface area contributed by atoms with Gasteiger partial charge in [0.25, 0.3) is 0 Å². The van der Waals surface area contributed by atoms with E-state index in [4.69, 9.17) is 0 Å². The Kier molecular flexibility index (Phi) is 6.35. The van der Waals surface area contributed by atoms with E-state index in [1.807, 2.05) is 0 Å². The normalized spacial score (nSPS) is 13.2. The molecule has 1 heteroatoms. The molecule has 0 saturated heterocycles. The largest absolute Gasteiger partial charge is 0.346 e. The molecule has 1 aromatic rings. The minimum Gasteiger partial charge on any atom is -0.346 e. The number of benzene rings is 1. The molecular formula is C20H31N. The smallest absolute Gasteiger partial charge is 0.0410 e. The second-order valence-corrected chi connectivity index (χ2v) is 6.46. The van der Waals surface area contributed by atoms with Crippen LogP contribution in [0.2, 0.25) is 0 Å². The Labute approximate surface area is 131 Å². The summed E-state index contributed by atoms with van der Waals surface area (Å²) in [5.41, 5.74) is 5.62. The highest BCUT2D eigenvalue weighted by atomic mass is 15.1. The molecule has 1 aliphatic rings. The first-order chi connectivity index (χ1) is 10.2. The van der Waals surface area contributed by atoms with Crippen molar-refractivity contribution in [2.45, 2.75) is 71.6 Å². The second-order valence-electron chi connectivity index (χ2n) is 6.46. The van der Waals surface area contributed by atoms with Gasteiger partial charge in [0, 0.05) is 17.9 Å². The molecular weight excluding hydrogens is 254 g/mol. The van der Waals surface area contributed by atoms with Gasteiger partial charge in [0.2, 0.25) is 0 Å². The Bertz CT molecular complexity index is 461. The summed E-state index contributed by atoms with van der Waals surface area (Å²) in [4.78, 5) is 2.40. The van der Waals surface area contributed by atoms with Crippen LogP contribution in [0.5, 0.6) is 0 Å². The zero-order valence-corrected chi connectivity index (χ0v) is 14.0. The third-order valence-corrected chi connectivity index (χ3v) is 4.59. The van der Waals surface area contributed by atoms with Gasteiger partial charge in [0.1, 0.15) is 0 Å². The van der Waals surface area contributed by atoms with Gasteiger partial charge in [-0.25, -0.2) is 0 Å². The molecule has 0 atom stereocenters. The average Bonchev–Trinajstić information content (AvgIpc) is 2.93. The van der Waals surface area contributed by atoms with Crippen molar-refractivity contribution >= 4 is 5.69 Å². The van der Waals surface area contributed by atoms with Crippen LogP contribution >= 0.6 is 0 Å². The minimum absolute atomic E-state index is 1.11. The van der Waals surface area contributed by atoms with Gasteiger partial charge in [-0.15, -0.1) is 0 Å². The van der Waals surface area contributed by atoms with Gasteiger partial charge in [0.15, 0.2) is 0 Å². The van der Waals surface area contributed by atoms with Crippen molar-refractivity contribution in [1.29, 1.82) is 0 Å². The van der Waals surface area contributed by atoms with E-state index in [0.29, 0.717) is 0 Å². The fraction of sp³-hybridized carbons (Fsp3) is 0.600. The quantitative estimate of drug-likeness (QED) is 0.512. The molecule has 1 aromatic carbocycles. The average molecular weight is 285 g/mol. The summed E-state index contributed by atoms with van der Waals surface area (Å²) in [6, 6.07) is 7.01. The van der Waals surface area contributed by atoms with Gasteiger partial charge in [-0.05, 0) is 55.9 Å². The molecule has 0 fully saturated rings. The van der Waals surface area contributed by atoms with Crippen LogP contribution in [-0.2, 0) is 12.8 Å². The van der Waals surface area contributed by atoms with E-state index >= 15 is 0 Å². The Morgan fingerprint density at radius 3 is 2.52 bits per heavy atom. The molecule has 0 heterocycles. The van der Waals surface area contributed by atoms with Gasteiger partial charge >= 0.3 is 0 Å². The third-order valence-electron chi connectivity index (χ3n) is 4.59.